The number of nitrogens with one attached hydrogen (secondary N) is 2. The number of aromatic nitrogens is 1. The Morgan fingerprint density at radius 3 is 2.84 bits per heavy atom. The summed E-state index contributed by atoms with van der Waals surface area (Å²) in [5, 5.41) is 4.46. The van der Waals surface area contributed by atoms with Crippen molar-refractivity contribution in [2.24, 2.45) is 5.92 Å². The molecule has 4 nitrogen and oxygen atoms in total. The van der Waals surface area contributed by atoms with Gasteiger partial charge in [-0.3, -0.25) is 0 Å². The van der Waals surface area contributed by atoms with Crippen molar-refractivity contribution >= 4 is 23.3 Å². The Morgan fingerprint density at radius 2 is 2.00 bits per heavy atom. The van der Waals surface area contributed by atoms with Crippen LogP contribution < -0.4 is 14.8 Å². The van der Waals surface area contributed by atoms with Crippen LogP contribution in [0.25, 0.3) is 10.9 Å². The van der Waals surface area contributed by atoms with Crippen LogP contribution in [0.4, 0.5) is 8.78 Å². The SMILES string of the molecule is COc1ccc(F)c2c1CC(CCCNCCCc1c[nH]c3ccc(F)cc13)CO2.Cl. The van der Waals surface area contributed by atoms with Gasteiger partial charge in [0, 0.05) is 22.7 Å². The number of hydrogen-bond donors (Lipinski definition) is 2. The second-order valence-corrected chi connectivity index (χ2v) is 7.94. The van der Waals surface area contributed by atoms with Crippen molar-refractivity contribution in [2.75, 3.05) is 26.8 Å². The molecule has 0 bridgehead atoms. The number of benzene rings is 2. The van der Waals surface area contributed by atoms with Crippen molar-refractivity contribution < 1.29 is 18.3 Å². The molecule has 0 spiro atoms. The molecule has 7 heteroatoms. The van der Waals surface area contributed by atoms with E-state index < -0.39 is 0 Å². The first-order chi connectivity index (χ1) is 14.7. The van der Waals surface area contributed by atoms with Gasteiger partial charge in [0.15, 0.2) is 11.6 Å². The normalized spacial score (nSPS) is 15.3. The van der Waals surface area contributed by atoms with Gasteiger partial charge in [-0.05, 0) is 87.0 Å². The number of rotatable bonds is 9. The Kier molecular flexibility index (Phi) is 8.15. The lowest BCUT2D eigenvalue weighted by molar-refractivity contribution is 0.199. The summed E-state index contributed by atoms with van der Waals surface area (Å²) in [6.07, 6.45) is 6.73. The van der Waals surface area contributed by atoms with Crippen LogP contribution in [0.15, 0.2) is 36.5 Å². The molecular formula is C24H29ClF2N2O2. The zero-order valence-corrected chi connectivity index (χ0v) is 18.5. The number of halogens is 3. The van der Waals surface area contributed by atoms with Crippen molar-refractivity contribution in [1.29, 1.82) is 0 Å². The Balaban J connectivity index is 0.00000272. The molecule has 3 aromatic rings. The van der Waals surface area contributed by atoms with E-state index in [9.17, 15) is 8.78 Å². The predicted octanol–water partition coefficient (Wildman–Crippen LogP) is 5.43. The minimum absolute atomic E-state index is 0. The number of methoxy groups -OCH3 is 1. The van der Waals surface area contributed by atoms with Gasteiger partial charge in [-0.15, -0.1) is 12.4 Å². The molecule has 2 N–H and O–H groups in total. The second kappa shape index (κ2) is 10.8. The van der Waals surface area contributed by atoms with Crippen molar-refractivity contribution in [1.82, 2.24) is 10.3 Å². The number of hydrogen-bond acceptors (Lipinski definition) is 3. The van der Waals surface area contributed by atoms with Gasteiger partial charge in [-0.25, -0.2) is 8.78 Å². The maximum atomic E-state index is 13.9. The van der Waals surface area contributed by atoms with Gasteiger partial charge in [0.1, 0.15) is 11.6 Å². The molecule has 0 aliphatic carbocycles. The first kappa shape index (κ1) is 23.4. The summed E-state index contributed by atoms with van der Waals surface area (Å²) in [6, 6.07) is 7.93. The smallest absolute Gasteiger partial charge is 0.165 e. The molecule has 2 heterocycles. The Labute approximate surface area is 187 Å². The van der Waals surface area contributed by atoms with Crippen molar-refractivity contribution in [2.45, 2.75) is 32.1 Å². The van der Waals surface area contributed by atoms with Crippen LogP contribution in [-0.2, 0) is 12.8 Å². The fraction of sp³-hybridized carbons (Fsp3) is 0.417. The van der Waals surface area contributed by atoms with E-state index in [1.54, 1.807) is 25.3 Å². The molecule has 0 amide bonds. The van der Waals surface area contributed by atoms with Gasteiger partial charge in [0.05, 0.1) is 13.7 Å². The highest BCUT2D eigenvalue weighted by Gasteiger charge is 2.25. The van der Waals surface area contributed by atoms with Crippen molar-refractivity contribution in [3.63, 3.8) is 0 Å². The highest BCUT2D eigenvalue weighted by molar-refractivity contribution is 5.85. The molecule has 1 aliphatic heterocycles. The number of ether oxygens (including phenoxy) is 2. The van der Waals surface area contributed by atoms with Crippen LogP contribution in [0.5, 0.6) is 11.5 Å². The molecule has 4 rings (SSSR count). The summed E-state index contributed by atoms with van der Waals surface area (Å²) in [7, 11) is 1.60. The average molecular weight is 451 g/mol. The Bertz CT molecular complexity index is 1010. The lowest BCUT2D eigenvalue weighted by atomic mass is 9.92. The maximum absolute atomic E-state index is 13.9. The van der Waals surface area contributed by atoms with Gasteiger partial charge < -0.3 is 19.8 Å². The predicted molar refractivity (Wildman–Crippen MR) is 122 cm³/mol. The quantitative estimate of drug-likeness (QED) is 0.427. The van der Waals surface area contributed by atoms with Crippen LogP contribution in [0.2, 0.25) is 0 Å². The Hall–Kier alpha value is -2.31. The second-order valence-electron chi connectivity index (χ2n) is 7.94. The van der Waals surface area contributed by atoms with Gasteiger partial charge in [-0.1, -0.05) is 0 Å². The minimum atomic E-state index is -0.316. The van der Waals surface area contributed by atoms with E-state index in [2.05, 4.69) is 10.3 Å². The van der Waals surface area contributed by atoms with E-state index >= 15 is 0 Å². The Morgan fingerprint density at radius 1 is 1.16 bits per heavy atom. The van der Waals surface area contributed by atoms with E-state index in [1.165, 1.54) is 12.1 Å². The summed E-state index contributed by atoms with van der Waals surface area (Å²) in [6.45, 7) is 2.41. The summed E-state index contributed by atoms with van der Waals surface area (Å²) in [4.78, 5) is 3.20. The maximum Gasteiger partial charge on any atom is 0.165 e. The number of H-pyrrole nitrogens is 1. The largest absolute Gasteiger partial charge is 0.496 e. The van der Waals surface area contributed by atoms with Gasteiger partial charge in [0.25, 0.3) is 0 Å². The summed E-state index contributed by atoms with van der Waals surface area (Å²) in [5.74, 6) is 0.906. The third kappa shape index (κ3) is 5.49. The van der Waals surface area contributed by atoms with Crippen molar-refractivity contribution in [3.05, 3.63) is 59.3 Å². The van der Waals surface area contributed by atoms with Crippen molar-refractivity contribution in [3.8, 4) is 11.5 Å². The lowest BCUT2D eigenvalue weighted by Gasteiger charge is -2.27. The summed E-state index contributed by atoms with van der Waals surface area (Å²) < 4.78 is 38.4. The molecule has 0 fully saturated rings. The standard InChI is InChI=1S/C24H28F2N2O2.ClH/c1-29-23-9-7-21(26)24-20(23)12-16(15-30-24)4-2-10-27-11-3-5-17-14-28-22-8-6-18(25)13-19(17)22;/h6-9,13-14,16,27-28H,2-5,10-12,15H2,1H3;1H. The molecular weight excluding hydrogens is 422 g/mol. The zero-order valence-electron chi connectivity index (χ0n) is 17.7. The number of aromatic amines is 1. The lowest BCUT2D eigenvalue weighted by Crippen LogP contribution is -2.24. The third-order valence-corrected chi connectivity index (χ3v) is 5.84. The van der Waals surface area contributed by atoms with Crippen LogP contribution in [0, 0.1) is 17.6 Å². The fourth-order valence-electron chi connectivity index (χ4n) is 4.26. The van der Waals surface area contributed by atoms with E-state index in [0.29, 0.717) is 24.0 Å². The molecule has 0 saturated carbocycles. The van der Waals surface area contributed by atoms with Gasteiger partial charge in [0.2, 0.25) is 0 Å². The highest BCUT2D eigenvalue weighted by Crippen LogP contribution is 2.37. The molecule has 2 aromatic carbocycles. The number of aryl methyl sites for hydroxylation is 1. The summed E-state index contributed by atoms with van der Waals surface area (Å²) in [5.41, 5.74) is 2.98. The van der Waals surface area contributed by atoms with E-state index in [-0.39, 0.29) is 24.0 Å². The topological polar surface area (TPSA) is 46.3 Å². The molecule has 1 atom stereocenters. The first-order valence-electron chi connectivity index (χ1n) is 10.6. The first-order valence-corrected chi connectivity index (χ1v) is 10.6. The van der Waals surface area contributed by atoms with E-state index in [0.717, 1.165) is 67.2 Å². The van der Waals surface area contributed by atoms with Crippen LogP contribution in [0.1, 0.15) is 30.4 Å². The van der Waals surface area contributed by atoms with Gasteiger partial charge >= 0.3 is 0 Å². The van der Waals surface area contributed by atoms with E-state index in [4.69, 9.17) is 9.47 Å². The third-order valence-electron chi connectivity index (χ3n) is 5.84. The summed E-state index contributed by atoms with van der Waals surface area (Å²) >= 11 is 0. The molecule has 1 unspecified atom stereocenters. The monoisotopic (exact) mass is 450 g/mol. The molecule has 0 radical (unpaired) electrons. The van der Waals surface area contributed by atoms with Gasteiger partial charge in [-0.2, -0.15) is 0 Å². The minimum Gasteiger partial charge on any atom is -0.496 e. The van der Waals surface area contributed by atoms with Crippen LogP contribution >= 0.6 is 12.4 Å². The van der Waals surface area contributed by atoms with E-state index in [1.807, 2.05) is 6.20 Å². The highest BCUT2D eigenvalue weighted by atomic mass is 35.5. The molecule has 0 saturated heterocycles. The zero-order chi connectivity index (χ0) is 20.9. The molecule has 31 heavy (non-hydrogen) atoms. The molecule has 1 aliphatic rings. The number of fused-ring (bicyclic) bond motifs is 2. The molecule has 168 valence electrons. The van der Waals surface area contributed by atoms with Crippen LogP contribution in [0.3, 0.4) is 0 Å². The molecule has 1 aromatic heterocycles. The van der Waals surface area contributed by atoms with Crippen LogP contribution in [-0.4, -0.2) is 31.8 Å². The average Bonchev–Trinajstić information content (AvgIpc) is 3.15. The fourth-order valence-corrected chi connectivity index (χ4v) is 4.26.